The van der Waals surface area contributed by atoms with Crippen LogP contribution in [0, 0.1) is 0 Å². The van der Waals surface area contributed by atoms with E-state index in [-0.39, 0.29) is 6.79 Å². The van der Waals surface area contributed by atoms with Crippen LogP contribution in [-0.4, -0.2) is 17.0 Å². The van der Waals surface area contributed by atoms with Gasteiger partial charge in [-0.25, -0.2) is 0 Å². The van der Waals surface area contributed by atoms with E-state index in [1.165, 1.54) is 0 Å². The fourth-order valence-electron chi connectivity index (χ4n) is 2.32. The monoisotopic (exact) mass is 323 g/mol. The number of aromatic amines is 1. The first-order valence-corrected chi connectivity index (χ1v) is 6.80. The highest BCUT2D eigenvalue weighted by Crippen LogP contribution is 2.48. The molecular formula is C13H14BrN3O2. The molecule has 0 atom stereocenters. The van der Waals surface area contributed by atoms with Crippen LogP contribution in [0.2, 0.25) is 0 Å². The summed E-state index contributed by atoms with van der Waals surface area (Å²) in [4.78, 5) is 0. The number of aromatic nitrogens is 2. The molecule has 6 heteroatoms. The van der Waals surface area contributed by atoms with Gasteiger partial charge in [0.1, 0.15) is 5.82 Å². The number of halogens is 1. The van der Waals surface area contributed by atoms with Crippen LogP contribution in [0.15, 0.2) is 16.6 Å². The molecule has 0 unspecified atom stereocenters. The topological polar surface area (TPSA) is 73.2 Å². The number of nitrogen functional groups attached to an aromatic ring is 1. The second-order valence-electron chi connectivity index (χ2n) is 4.75. The Kier molecular flexibility index (Phi) is 2.89. The second-order valence-corrected chi connectivity index (χ2v) is 5.60. The van der Waals surface area contributed by atoms with Crippen molar-refractivity contribution in [3.05, 3.63) is 22.2 Å². The molecule has 19 heavy (non-hydrogen) atoms. The Hall–Kier alpha value is -1.69. The molecule has 1 aromatic carbocycles. The minimum Gasteiger partial charge on any atom is -0.453 e. The molecule has 0 spiro atoms. The lowest BCUT2D eigenvalue weighted by Crippen LogP contribution is -1.97. The van der Waals surface area contributed by atoms with Gasteiger partial charge in [-0.1, -0.05) is 13.8 Å². The largest absolute Gasteiger partial charge is 0.453 e. The Bertz CT molecular complexity index is 637. The summed E-state index contributed by atoms with van der Waals surface area (Å²) < 4.78 is 12.0. The zero-order valence-corrected chi connectivity index (χ0v) is 12.2. The Labute approximate surface area is 119 Å². The molecule has 0 fully saturated rings. The van der Waals surface area contributed by atoms with E-state index in [1.807, 2.05) is 12.1 Å². The van der Waals surface area contributed by atoms with E-state index < -0.39 is 0 Å². The molecule has 0 amide bonds. The van der Waals surface area contributed by atoms with Crippen LogP contribution >= 0.6 is 15.9 Å². The number of hydrogen-bond donors (Lipinski definition) is 2. The third-order valence-corrected chi connectivity index (χ3v) is 3.69. The van der Waals surface area contributed by atoms with Gasteiger partial charge >= 0.3 is 0 Å². The standard InChI is InChI=1S/C13H14BrN3O2/c1-6(2)11-7(9-4-10(15)17-16-9)3-8(14)12-13(11)19-5-18-12/h3-4,6H,5H2,1-2H3,(H3,15,16,17). The Balaban J connectivity index is 2.27. The van der Waals surface area contributed by atoms with Crippen molar-refractivity contribution >= 4 is 21.7 Å². The lowest BCUT2D eigenvalue weighted by Gasteiger charge is -2.15. The van der Waals surface area contributed by atoms with Gasteiger partial charge in [0.15, 0.2) is 11.5 Å². The van der Waals surface area contributed by atoms with Crippen molar-refractivity contribution in [2.75, 3.05) is 12.5 Å². The van der Waals surface area contributed by atoms with Crippen molar-refractivity contribution in [2.24, 2.45) is 0 Å². The Morgan fingerprint density at radius 3 is 2.68 bits per heavy atom. The van der Waals surface area contributed by atoms with Gasteiger partial charge < -0.3 is 15.2 Å². The molecule has 1 aliphatic heterocycles. The van der Waals surface area contributed by atoms with Crippen LogP contribution in [0.4, 0.5) is 5.82 Å². The Morgan fingerprint density at radius 2 is 2.05 bits per heavy atom. The summed E-state index contributed by atoms with van der Waals surface area (Å²) in [6.45, 7) is 4.49. The van der Waals surface area contributed by atoms with E-state index >= 15 is 0 Å². The minimum absolute atomic E-state index is 0.252. The maximum atomic E-state index is 5.68. The molecule has 3 rings (SSSR count). The van der Waals surface area contributed by atoms with Gasteiger partial charge in [-0.15, -0.1) is 0 Å². The number of rotatable bonds is 2. The number of ether oxygens (including phenoxy) is 2. The van der Waals surface area contributed by atoms with E-state index in [4.69, 9.17) is 15.2 Å². The molecule has 1 aromatic heterocycles. The molecule has 1 aliphatic rings. The molecule has 0 saturated heterocycles. The SMILES string of the molecule is CC(C)c1c(-c2cc(N)n[nH]2)cc(Br)c2c1OCO2. The molecule has 0 bridgehead atoms. The number of hydrogen-bond acceptors (Lipinski definition) is 4. The predicted octanol–water partition coefficient (Wildman–Crippen LogP) is 3.27. The zero-order valence-electron chi connectivity index (χ0n) is 10.7. The van der Waals surface area contributed by atoms with Gasteiger partial charge in [0, 0.05) is 17.2 Å². The lowest BCUT2D eigenvalue weighted by molar-refractivity contribution is 0.172. The van der Waals surface area contributed by atoms with Crippen molar-refractivity contribution in [3.63, 3.8) is 0 Å². The normalized spacial score (nSPS) is 13.3. The number of fused-ring (bicyclic) bond motifs is 1. The fourth-order valence-corrected chi connectivity index (χ4v) is 2.84. The third kappa shape index (κ3) is 1.96. The molecule has 2 heterocycles. The maximum absolute atomic E-state index is 5.68. The van der Waals surface area contributed by atoms with Crippen LogP contribution in [0.1, 0.15) is 25.3 Å². The van der Waals surface area contributed by atoms with E-state index in [0.29, 0.717) is 11.7 Å². The summed E-state index contributed by atoms with van der Waals surface area (Å²) in [6.07, 6.45) is 0. The molecule has 0 saturated carbocycles. The van der Waals surface area contributed by atoms with Crippen molar-refractivity contribution < 1.29 is 9.47 Å². The quantitative estimate of drug-likeness (QED) is 0.889. The summed E-state index contributed by atoms with van der Waals surface area (Å²) in [6, 6.07) is 3.83. The summed E-state index contributed by atoms with van der Waals surface area (Å²) in [7, 11) is 0. The van der Waals surface area contributed by atoms with Gasteiger partial charge in [0.05, 0.1) is 10.2 Å². The van der Waals surface area contributed by atoms with Crippen molar-refractivity contribution in [2.45, 2.75) is 19.8 Å². The third-order valence-electron chi connectivity index (χ3n) is 3.10. The highest BCUT2D eigenvalue weighted by Gasteiger charge is 2.26. The van der Waals surface area contributed by atoms with Crippen LogP contribution in [-0.2, 0) is 0 Å². The Morgan fingerprint density at radius 1 is 1.32 bits per heavy atom. The minimum atomic E-state index is 0.252. The first-order chi connectivity index (χ1) is 9.08. The molecule has 0 aliphatic carbocycles. The van der Waals surface area contributed by atoms with Crippen LogP contribution < -0.4 is 15.2 Å². The highest BCUT2D eigenvalue weighted by atomic mass is 79.9. The van der Waals surface area contributed by atoms with E-state index in [0.717, 1.165) is 32.8 Å². The van der Waals surface area contributed by atoms with Gasteiger partial charge in [0.25, 0.3) is 0 Å². The van der Waals surface area contributed by atoms with Crippen molar-refractivity contribution in [1.29, 1.82) is 0 Å². The molecular weight excluding hydrogens is 310 g/mol. The molecule has 2 aromatic rings. The molecule has 3 N–H and O–H groups in total. The van der Waals surface area contributed by atoms with Crippen molar-refractivity contribution in [3.8, 4) is 22.8 Å². The summed E-state index contributed by atoms with van der Waals surface area (Å²) >= 11 is 3.51. The number of benzene rings is 1. The lowest BCUT2D eigenvalue weighted by atomic mass is 9.94. The van der Waals surface area contributed by atoms with Gasteiger partial charge in [-0.3, -0.25) is 5.10 Å². The predicted molar refractivity (Wildman–Crippen MR) is 76.3 cm³/mol. The smallest absolute Gasteiger partial charge is 0.231 e. The van der Waals surface area contributed by atoms with Crippen LogP contribution in [0.3, 0.4) is 0 Å². The molecule has 100 valence electrons. The van der Waals surface area contributed by atoms with E-state index in [2.05, 4.69) is 40.0 Å². The van der Waals surface area contributed by atoms with E-state index in [9.17, 15) is 0 Å². The summed E-state index contributed by atoms with van der Waals surface area (Å²) in [5.74, 6) is 2.33. The average Bonchev–Trinajstić information content (AvgIpc) is 2.96. The number of nitrogens with one attached hydrogen (secondary N) is 1. The average molecular weight is 324 g/mol. The number of nitrogens with two attached hydrogens (primary N) is 1. The van der Waals surface area contributed by atoms with Gasteiger partial charge in [-0.05, 0) is 27.9 Å². The first kappa shape index (κ1) is 12.3. The molecule has 0 radical (unpaired) electrons. The fraction of sp³-hybridized carbons (Fsp3) is 0.308. The van der Waals surface area contributed by atoms with Gasteiger partial charge in [0.2, 0.25) is 6.79 Å². The second kappa shape index (κ2) is 4.45. The maximum Gasteiger partial charge on any atom is 0.231 e. The molecule has 5 nitrogen and oxygen atoms in total. The van der Waals surface area contributed by atoms with Gasteiger partial charge in [-0.2, -0.15) is 5.10 Å². The summed E-state index contributed by atoms with van der Waals surface area (Å²) in [5.41, 5.74) is 8.68. The van der Waals surface area contributed by atoms with Crippen LogP contribution in [0.5, 0.6) is 11.5 Å². The summed E-state index contributed by atoms with van der Waals surface area (Å²) in [5, 5.41) is 6.93. The number of H-pyrrole nitrogens is 1. The first-order valence-electron chi connectivity index (χ1n) is 6.01. The number of nitrogens with zero attached hydrogens (tertiary/aromatic N) is 1. The van der Waals surface area contributed by atoms with E-state index in [1.54, 1.807) is 0 Å². The van der Waals surface area contributed by atoms with Crippen LogP contribution in [0.25, 0.3) is 11.3 Å². The van der Waals surface area contributed by atoms with Crippen molar-refractivity contribution in [1.82, 2.24) is 10.2 Å². The highest BCUT2D eigenvalue weighted by molar-refractivity contribution is 9.10. The zero-order chi connectivity index (χ0) is 13.6. The number of anilines is 1.